The maximum absolute atomic E-state index is 13.2. The molecule has 1 atom stereocenters. The van der Waals surface area contributed by atoms with Crippen molar-refractivity contribution in [1.29, 1.82) is 0 Å². The van der Waals surface area contributed by atoms with E-state index < -0.39 is 6.04 Å². The fourth-order valence-corrected chi connectivity index (χ4v) is 3.08. The van der Waals surface area contributed by atoms with Crippen LogP contribution in [0.15, 0.2) is 61.2 Å². The standard InChI is InChI=1S/C20H19FN8O/c1-14-25-26-27-29(14)19(10-15-2-6-17(21)7-3-15)20(30)23-11-16-4-8-18(9-5-16)28-13-22-12-24-28/h2-9,12-13,19H,10-11H2,1H3,(H,23,30). The molecule has 152 valence electrons. The molecule has 1 unspecified atom stereocenters. The lowest BCUT2D eigenvalue weighted by Gasteiger charge is -2.18. The van der Waals surface area contributed by atoms with Crippen LogP contribution in [0, 0.1) is 12.7 Å². The monoisotopic (exact) mass is 406 g/mol. The smallest absolute Gasteiger partial charge is 0.245 e. The predicted octanol–water partition coefficient (Wildman–Crippen LogP) is 1.80. The quantitative estimate of drug-likeness (QED) is 0.502. The Labute approximate surface area is 171 Å². The fraction of sp³-hybridized carbons (Fsp3) is 0.200. The molecular formula is C20H19FN8O. The number of amides is 1. The summed E-state index contributed by atoms with van der Waals surface area (Å²) in [5, 5.41) is 18.5. The van der Waals surface area contributed by atoms with Crippen molar-refractivity contribution in [3.05, 3.63) is 84.0 Å². The van der Waals surface area contributed by atoms with Crippen LogP contribution in [0.5, 0.6) is 0 Å². The largest absolute Gasteiger partial charge is 0.350 e. The highest BCUT2D eigenvalue weighted by atomic mass is 19.1. The van der Waals surface area contributed by atoms with Gasteiger partial charge >= 0.3 is 0 Å². The van der Waals surface area contributed by atoms with E-state index in [2.05, 4.69) is 30.9 Å². The van der Waals surface area contributed by atoms with E-state index in [-0.39, 0.29) is 11.7 Å². The first-order chi connectivity index (χ1) is 14.6. The number of carbonyl (C=O) groups excluding carboxylic acids is 1. The number of benzene rings is 2. The minimum absolute atomic E-state index is 0.227. The predicted molar refractivity (Wildman–Crippen MR) is 105 cm³/mol. The maximum Gasteiger partial charge on any atom is 0.245 e. The van der Waals surface area contributed by atoms with Crippen molar-refractivity contribution in [2.75, 3.05) is 0 Å². The number of aromatic nitrogens is 7. The average Bonchev–Trinajstić information content (AvgIpc) is 3.44. The van der Waals surface area contributed by atoms with Gasteiger partial charge < -0.3 is 5.32 Å². The molecule has 0 fully saturated rings. The van der Waals surface area contributed by atoms with E-state index in [9.17, 15) is 9.18 Å². The molecule has 30 heavy (non-hydrogen) atoms. The van der Waals surface area contributed by atoms with Crippen LogP contribution in [0.2, 0.25) is 0 Å². The zero-order valence-corrected chi connectivity index (χ0v) is 16.2. The normalized spacial score (nSPS) is 11.9. The second kappa shape index (κ2) is 8.60. The molecule has 4 aromatic rings. The van der Waals surface area contributed by atoms with Crippen molar-refractivity contribution in [3.8, 4) is 5.69 Å². The van der Waals surface area contributed by atoms with Crippen LogP contribution < -0.4 is 5.32 Å². The zero-order chi connectivity index (χ0) is 20.9. The molecule has 0 saturated heterocycles. The van der Waals surface area contributed by atoms with Crippen LogP contribution in [0.1, 0.15) is 23.0 Å². The van der Waals surface area contributed by atoms with Crippen LogP contribution in [-0.2, 0) is 17.8 Å². The summed E-state index contributed by atoms with van der Waals surface area (Å²) in [4.78, 5) is 16.9. The summed E-state index contributed by atoms with van der Waals surface area (Å²) >= 11 is 0. The van der Waals surface area contributed by atoms with Gasteiger partial charge in [-0.1, -0.05) is 24.3 Å². The lowest BCUT2D eigenvalue weighted by Crippen LogP contribution is -2.34. The van der Waals surface area contributed by atoms with E-state index in [1.165, 1.54) is 23.1 Å². The molecule has 9 nitrogen and oxygen atoms in total. The van der Waals surface area contributed by atoms with Gasteiger partial charge in [0.1, 0.15) is 30.3 Å². The van der Waals surface area contributed by atoms with Crippen LogP contribution in [-0.4, -0.2) is 40.9 Å². The second-order valence-electron chi connectivity index (χ2n) is 6.74. The Morgan fingerprint density at radius 1 is 1.10 bits per heavy atom. The zero-order valence-electron chi connectivity index (χ0n) is 16.2. The van der Waals surface area contributed by atoms with Crippen molar-refractivity contribution in [2.24, 2.45) is 0 Å². The molecule has 0 radical (unpaired) electrons. The first kappa shape index (κ1) is 19.4. The summed E-state index contributed by atoms with van der Waals surface area (Å²) in [5.74, 6) is -0.0304. The first-order valence-corrected chi connectivity index (χ1v) is 9.31. The van der Waals surface area contributed by atoms with Gasteiger partial charge in [-0.3, -0.25) is 4.79 Å². The maximum atomic E-state index is 13.2. The first-order valence-electron chi connectivity index (χ1n) is 9.31. The number of aryl methyl sites for hydroxylation is 1. The van der Waals surface area contributed by atoms with E-state index in [0.717, 1.165) is 16.8 Å². The minimum atomic E-state index is -0.653. The topological polar surface area (TPSA) is 103 Å². The van der Waals surface area contributed by atoms with Crippen molar-refractivity contribution < 1.29 is 9.18 Å². The summed E-state index contributed by atoms with van der Waals surface area (Å²) in [6, 6.07) is 13.0. The van der Waals surface area contributed by atoms with E-state index in [1.807, 2.05) is 24.3 Å². The van der Waals surface area contributed by atoms with E-state index >= 15 is 0 Å². The molecule has 0 saturated carbocycles. The molecule has 1 amide bonds. The Bertz CT molecular complexity index is 1110. The number of tetrazole rings is 1. The van der Waals surface area contributed by atoms with Crippen LogP contribution in [0.4, 0.5) is 4.39 Å². The van der Waals surface area contributed by atoms with Crippen LogP contribution in [0.3, 0.4) is 0 Å². The molecule has 0 aliphatic carbocycles. The molecule has 0 aliphatic heterocycles. The van der Waals surface area contributed by atoms with Crippen molar-refractivity contribution in [1.82, 2.24) is 40.3 Å². The molecule has 10 heteroatoms. The molecular weight excluding hydrogens is 387 g/mol. The summed E-state index contributed by atoms with van der Waals surface area (Å²) in [7, 11) is 0. The highest BCUT2D eigenvalue weighted by Gasteiger charge is 2.24. The highest BCUT2D eigenvalue weighted by Crippen LogP contribution is 2.16. The fourth-order valence-electron chi connectivity index (χ4n) is 3.08. The number of rotatable bonds is 7. The Kier molecular flexibility index (Phi) is 5.55. The molecule has 1 N–H and O–H groups in total. The van der Waals surface area contributed by atoms with Gasteiger partial charge in [0, 0.05) is 13.0 Å². The van der Waals surface area contributed by atoms with Gasteiger partial charge in [-0.2, -0.15) is 5.10 Å². The number of nitrogens with zero attached hydrogens (tertiary/aromatic N) is 7. The van der Waals surface area contributed by atoms with E-state index in [4.69, 9.17) is 0 Å². The summed E-state index contributed by atoms with van der Waals surface area (Å²) in [6.07, 6.45) is 3.42. The Balaban J connectivity index is 1.46. The number of carbonyl (C=O) groups is 1. The number of hydrogen-bond donors (Lipinski definition) is 1. The average molecular weight is 406 g/mol. The third-order valence-electron chi connectivity index (χ3n) is 4.68. The Morgan fingerprint density at radius 3 is 2.47 bits per heavy atom. The van der Waals surface area contributed by atoms with Gasteiger partial charge in [-0.05, 0) is 52.7 Å². The van der Waals surface area contributed by atoms with Crippen LogP contribution in [0.25, 0.3) is 5.69 Å². The molecule has 4 rings (SSSR count). The minimum Gasteiger partial charge on any atom is -0.350 e. The van der Waals surface area contributed by atoms with Gasteiger partial charge in [0.25, 0.3) is 0 Å². The Hall–Kier alpha value is -3.95. The molecule has 0 aliphatic rings. The third-order valence-corrected chi connectivity index (χ3v) is 4.68. The molecule has 2 aromatic carbocycles. The van der Waals surface area contributed by atoms with Crippen molar-refractivity contribution >= 4 is 5.91 Å². The van der Waals surface area contributed by atoms with Gasteiger partial charge in [0.15, 0.2) is 0 Å². The van der Waals surface area contributed by atoms with Crippen molar-refractivity contribution in [2.45, 2.75) is 25.9 Å². The van der Waals surface area contributed by atoms with Gasteiger partial charge in [0.05, 0.1) is 5.69 Å². The van der Waals surface area contributed by atoms with E-state index in [1.54, 1.807) is 30.1 Å². The molecule has 2 heterocycles. The number of nitrogens with one attached hydrogen (secondary N) is 1. The summed E-state index contributed by atoms with van der Waals surface area (Å²) in [5.41, 5.74) is 2.62. The van der Waals surface area contributed by atoms with Crippen LogP contribution >= 0.6 is 0 Å². The SMILES string of the molecule is Cc1nnnn1C(Cc1ccc(F)cc1)C(=O)NCc1ccc(-n2cncn2)cc1. The third kappa shape index (κ3) is 4.37. The second-order valence-corrected chi connectivity index (χ2v) is 6.74. The molecule has 0 bridgehead atoms. The lowest BCUT2D eigenvalue weighted by molar-refractivity contribution is -0.124. The van der Waals surface area contributed by atoms with Gasteiger partial charge in [-0.15, -0.1) is 5.10 Å². The van der Waals surface area contributed by atoms with Crippen molar-refractivity contribution in [3.63, 3.8) is 0 Å². The molecule has 2 aromatic heterocycles. The van der Waals surface area contributed by atoms with Gasteiger partial charge in [0.2, 0.25) is 5.91 Å². The summed E-state index contributed by atoms with van der Waals surface area (Å²) < 4.78 is 16.4. The number of halogens is 1. The highest BCUT2D eigenvalue weighted by molar-refractivity contribution is 5.80. The summed E-state index contributed by atoms with van der Waals surface area (Å²) in [6.45, 7) is 2.07. The molecule has 0 spiro atoms. The van der Waals surface area contributed by atoms with E-state index in [0.29, 0.717) is 18.8 Å². The van der Waals surface area contributed by atoms with Gasteiger partial charge in [-0.25, -0.2) is 18.7 Å². The Morgan fingerprint density at radius 2 is 1.83 bits per heavy atom. The number of hydrogen-bond acceptors (Lipinski definition) is 6. The lowest BCUT2D eigenvalue weighted by atomic mass is 10.0.